The maximum absolute atomic E-state index is 12.6. The molecule has 3 aromatic rings. The summed E-state index contributed by atoms with van der Waals surface area (Å²) in [6, 6.07) is 24.6. The van der Waals surface area contributed by atoms with Gasteiger partial charge in [-0.2, -0.15) is 5.26 Å². The van der Waals surface area contributed by atoms with Crippen LogP contribution in [0.5, 0.6) is 11.5 Å². The Hall–Kier alpha value is -4.11. The van der Waals surface area contributed by atoms with Gasteiger partial charge in [0.05, 0.1) is 11.8 Å². The molecule has 0 saturated heterocycles. The van der Waals surface area contributed by atoms with Gasteiger partial charge in [-0.05, 0) is 48.5 Å². The van der Waals surface area contributed by atoms with Crippen molar-refractivity contribution in [1.29, 1.82) is 5.26 Å². The number of nitrogens with one attached hydrogen (secondary N) is 2. The predicted octanol–water partition coefficient (Wildman–Crippen LogP) is 4.58. The second-order valence-electron chi connectivity index (χ2n) is 5.83. The molecular formula is C22H17N3O3. The van der Waals surface area contributed by atoms with Crippen molar-refractivity contribution in [3.8, 4) is 17.6 Å². The second kappa shape index (κ2) is 9.01. The zero-order valence-electron chi connectivity index (χ0n) is 14.9. The monoisotopic (exact) mass is 371 g/mol. The van der Waals surface area contributed by atoms with Crippen molar-refractivity contribution < 1.29 is 14.3 Å². The van der Waals surface area contributed by atoms with Gasteiger partial charge in [-0.3, -0.25) is 9.59 Å². The van der Waals surface area contributed by atoms with Crippen LogP contribution in [0, 0.1) is 11.3 Å². The number of hydrogen-bond donors (Lipinski definition) is 2. The van der Waals surface area contributed by atoms with Gasteiger partial charge in [0, 0.05) is 11.3 Å². The fraction of sp³-hybridized carbons (Fsp3) is 0.0455. The minimum absolute atomic E-state index is 0.222. The molecule has 0 bridgehead atoms. The van der Waals surface area contributed by atoms with E-state index in [0.717, 1.165) is 0 Å². The number of para-hydroxylation sites is 3. The molecule has 0 fully saturated rings. The summed E-state index contributed by atoms with van der Waals surface area (Å²) in [6.45, 7) is 0. The molecule has 138 valence electrons. The summed E-state index contributed by atoms with van der Waals surface area (Å²) in [7, 11) is 0. The molecule has 0 heterocycles. The molecule has 28 heavy (non-hydrogen) atoms. The van der Waals surface area contributed by atoms with Crippen LogP contribution in [0.3, 0.4) is 0 Å². The molecule has 3 rings (SSSR count). The van der Waals surface area contributed by atoms with Crippen molar-refractivity contribution >= 4 is 23.2 Å². The highest BCUT2D eigenvalue weighted by atomic mass is 16.5. The minimum Gasteiger partial charge on any atom is -0.455 e. The van der Waals surface area contributed by atoms with E-state index in [1.807, 2.05) is 36.4 Å². The first-order chi connectivity index (χ1) is 13.7. The van der Waals surface area contributed by atoms with E-state index in [1.165, 1.54) is 0 Å². The Morgan fingerprint density at radius 2 is 1.54 bits per heavy atom. The maximum Gasteiger partial charge on any atom is 0.255 e. The van der Waals surface area contributed by atoms with Crippen LogP contribution >= 0.6 is 0 Å². The zero-order chi connectivity index (χ0) is 19.8. The molecule has 0 aliphatic carbocycles. The van der Waals surface area contributed by atoms with Gasteiger partial charge in [-0.25, -0.2) is 0 Å². The average molecular weight is 371 g/mol. The van der Waals surface area contributed by atoms with Crippen molar-refractivity contribution in [2.45, 2.75) is 6.42 Å². The van der Waals surface area contributed by atoms with Crippen LogP contribution in [-0.4, -0.2) is 11.8 Å². The summed E-state index contributed by atoms with van der Waals surface area (Å²) in [5, 5.41) is 13.9. The largest absolute Gasteiger partial charge is 0.455 e. The Morgan fingerprint density at radius 1 is 0.857 bits per heavy atom. The van der Waals surface area contributed by atoms with E-state index in [9.17, 15) is 9.59 Å². The van der Waals surface area contributed by atoms with Crippen molar-refractivity contribution in [2.24, 2.45) is 0 Å². The van der Waals surface area contributed by atoms with E-state index in [4.69, 9.17) is 10.00 Å². The third kappa shape index (κ3) is 4.96. The average Bonchev–Trinajstić information content (AvgIpc) is 2.71. The number of ether oxygens (including phenoxy) is 1. The summed E-state index contributed by atoms with van der Waals surface area (Å²) >= 11 is 0. The van der Waals surface area contributed by atoms with Crippen LogP contribution in [0.25, 0.3) is 0 Å². The standard InChI is InChI=1S/C22H17N3O3/c23-15-14-21(26)24-17-12-10-16(11-13-17)22(27)25-19-8-4-5-9-20(19)28-18-6-2-1-3-7-18/h1-13H,14H2,(H,24,26)(H,25,27). The number of carbonyl (C=O) groups excluding carboxylic acids is 2. The van der Waals surface area contributed by atoms with Crippen LogP contribution < -0.4 is 15.4 Å². The number of carbonyl (C=O) groups is 2. The Morgan fingerprint density at radius 3 is 2.25 bits per heavy atom. The fourth-order valence-corrected chi connectivity index (χ4v) is 2.45. The molecule has 3 aromatic carbocycles. The van der Waals surface area contributed by atoms with Gasteiger partial charge < -0.3 is 15.4 Å². The van der Waals surface area contributed by atoms with Crippen molar-refractivity contribution in [1.82, 2.24) is 0 Å². The Labute approximate surface area is 162 Å². The number of nitrogens with zero attached hydrogens (tertiary/aromatic N) is 1. The highest BCUT2D eigenvalue weighted by molar-refractivity contribution is 6.05. The number of nitriles is 1. The van der Waals surface area contributed by atoms with Crippen LogP contribution in [-0.2, 0) is 4.79 Å². The van der Waals surface area contributed by atoms with Crippen LogP contribution in [0.15, 0.2) is 78.9 Å². The van der Waals surface area contributed by atoms with E-state index in [0.29, 0.717) is 28.4 Å². The molecular weight excluding hydrogens is 354 g/mol. The lowest BCUT2D eigenvalue weighted by atomic mass is 10.2. The van der Waals surface area contributed by atoms with Gasteiger partial charge in [0.25, 0.3) is 5.91 Å². The van der Waals surface area contributed by atoms with Gasteiger partial charge in [-0.1, -0.05) is 30.3 Å². The summed E-state index contributed by atoms with van der Waals surface area (Å²) in [5.74, 6) is 0.495. The normalized spacial score (nSPS) is 9.82. The molecule has 0 spiro atoms. The first-order valence-corrected chi connectivity index (χ1v) is 8.56. The van der Waals surface area contributed by atoms with Gasteiger partial charge in [0.2, 0.25) is 5.91 Å². The van der Waals surface area contributed by atoms with Crippen molar-refractivity contribution in [3.05, 3.63) is 84.4 Å². The van der Waals surface area contributed by atoms with E-state index in [1.54, 1.807) is 48.5 Å². The lowest BCUT2D eigenvalue weighted by molar-refractivity contribution is -0.115. The smallest absolute Gasteiger partial charge is 0.255 e. The topological polar surface area (TPSA) is 91.2 Å². The van der Waals surface area contributed by atoms with Gasteiger partial charge in [0.1, 0.15) is 12.2 Å². The van der Waals surface area contributed by atoms with Crippen molar-refractivity contribution in [3.63, 3.8) is 0 Å². The maximum atomic E-state index is 12.6. The van der Waals surface area contributed by atoms with Gasteiger partial charge in [-0.15, -0.1) is 0 Å². The number of rotatable bonds is 6. The Bertz CT molecular complexity index is 1010. The zero-order valence-corrected chi connectivity index (χ0v) is 14.9. The predicted molar refractivity (Wildman–Crippen MR) is 106 cm³/mol. The summed E-state index contributed by atoms with van der Waals surface area (Å²) in [6.07, 6.45) is -0.222. The lowest BCUT2D eigenvalue weighted by Gasteiger charge is -2.12. The minimum atomic E-state index is -0.397. The number of amides is 2. The first kappa shape index (κ1) is 18.7. The number of anilines is 2. The van der Waals surface area contributed by atoms with Gasteiger partial charge >= 0.3 is 0 Å². The third-order valence-electron chi connectivity index (χ3n) is 3.78. The summed E-state index contributed by atoms with van der Waals surface area (Å²) in [5.41, 5.74) is 1.49. The van der Waals surface area contributed by atoms with Gasteiger partial charge in [0.15, 0.2) is 5.75 Å². The molecule has 2 amide bonds. The molecule has 0 unspecified atom stereocenters. The molecule has 6 heteroatoms. The lowest BCUT2D eigenvalue weighted by Crippen LogP contribution is -2.13. The number of benzene rings is 3. The highest BCUT2D eigenvalue weighted by Gasteiger charge is 2.11. The van der Waals surface area contributed by atoms with Crippen LogP contribution in [0.4, 0.5) is 11.4 Å². The van der Waals surface area contributed by atoms with E-state index in [2.05, 4.69) is 10.6 Å². The highest BCUT2D eigenvalue weighted by Crippen LogP contribution is 2.29. The summed E-state index contributed by atoms with van der Waals surface area (Å²) < 4.78 is 5.84. The quantitative estimate of drug-likeness (QED) is 0.663. The molecule has 0 aliphatic rings. The molecule has 0 radical (unpaired) electrons. The van der Waals surface area contributed by atoms with Crippen molar-refractivity contribution in [2.75, 3.05) is 10.6 Å². The SMILES string of the molecule is N#CCC(=O)Nc1ccc(C(=O)Nc2ccccc2Oc2ccccc2)cc1. The van der Waals surface area contributed by atoms with Crippen LogP contribution in [0.1, 0.15) is 16.8 Å². The molecule has 0 aromatic heterocycles. The van der Waals surface area contributed by atoms with E-state index in [-0.39, 0.29) is 12.3 Å². The second-order valence-corrected chi connectivity index (χ2v) is 5.83. The Balaban J connectivity index is 1.70. The fourth-order valence-electron chi connectivity index (χ4n) is 2.45. The van der Waals surface area contributed by atoms with E-state index >= 15 is 0 Å². The number of hydrogen-bond acceptors (Lipinski definition) is 4. The molecule has 2 N–H and O–H groups in total. The molecule has 0 aliphatic heterocycles. The van der Waals surface area contributed by atoms with Crippen LogP contribution in [0.2, 0.25) is 0 Å². The molecule has 0 atom stereocenters. The molecule has 6 nitrogen and oxygen atoms in total. The summed E-state index contributed by atoms with van der Waals surface area (Å²) in [4.78, 5) is 24.0. The molecule has 0 saturated carbocycles. The third-order valence-corrected chi connectivity index (χ3v) is 3.78. The Kier molecular flexibility index (Phi) is 6.01. The van der Waals surface area contributed by atoms with E-state index < -0.39 is 5.91 Å². The first-order valence-electron chi connectivity index (χ1n) is 8.56.